The zero-order chi connectivity index (χ0) is 10.4. The number of nitrogens with two attached hydrogens (primary N) is 1. The van der Waals surface area contributed by atoms with Crippen LogP contribution in [0, 0.1) is 0 Å². The molecule has 1 aromatic heterocycles. The fraction of sp³-hybridized carbons (Fsp3) is 0.600. The van der Waals surface area contributed by atoms with Gasteiger partial charge in [-0.1, -0.05) is 26.2 Å². The van der Waals surface area contributed by atoms with Crippen molar-refractivity contribution in [2.45, 2.75) is 39.0 Å². The van der Waals surface area contributed by atoms with Gasteiger partial charge in [-0.3, -0.25) is 9.89 Å². The second-order valence-electron chi connectivity index (χ2n) is 3.43. The van der Waals surface area contributed by atoms with Gasteiger partial charge in [0.1, 0.15) is 5.82 Å². The van der Waals surface area contributed by atoms with Crippen LogP contribution in [0.2, 0.25) is 0 Å². The summed E-state index contributed by atoms with van der Waals surface area (Å²) in [5.41, 5.74) is 6.06. The van der Waals surface area contributed by atoms with Crippen LogP contribution in [-0.4, -0.2) is 16.0 Å². The zero-order valence-corrected chi connectivity index (χ0v) is 8.55. The van der Waals surface area contributed by atoms with Crippen molar-refractivity contribution in [3.8, 4) is 0 Å². The van der Waals surface area contributed by atoms with Gasteiger partial charge < -0.3 is 5.73 Å². The molecular formula is C10H17N3O. The first kappa shape index (κ1) is 10.8. The molecule has 1 heterocycles. The Labute approximate surface area is 83.9 Å². The standard InChI is InChI=1S/C10H17N3O/c1-2-3-4-5-6-9(14)8-7-12-13-10(8)11/h7H,2-6H2,1H3,(H3,11,12,13). The van der Waals surface area contributed by atoms with Crippen molar-refractivity contribution in [3.05, 3.63) is 11.8 Å². The van der Waals surface area contributed by atoms with Crippen molar-refractivity contribution in [1.82, 2.24) is 10.2 Å². The van der Waals surface area contributed by atoms with E-state index in [0.29, 0.717) is 17.8 Å². The minimum Gasteiger partial charge on any atom is -0.383 e. The summed E-state index contributed by atoms with van der Waals surface area (Å²) in [4.78, 5) is 11.5. The maximum atomic E-state index is 11.5. The van der Waals surface area contributed by atoms with E-state index in [4.69, 9.17) is 5.73 Å². The lowest BCUT2D eigenvalue weighted by molar-refractivity contribution is 0.0980. The zero-order valence-electron chi connectivity index (χ0n) is 8.55. The number of nitrogen functional groups attached to an aromatic ring is 1. The SMILES string of the molecule is CCCCCCC(=O)c1cn[nH]c1N. The lowest BCUT2D eigenvalue weighted by Crippen LogP contribution is -2.01. The molecule has 0 saturated carbocycles. The average Bonchev–Trinajstić information content (AvgIpc) is 2.59. The third-order valence-electron chi connectivity index (χ3n) is 2.23. The highest BCUT2D eigenvalue weighted by atomic mass is 16.1. The average molecular weight is 195 g/mol. The number of carbonyl (C=O) groups excluding carboxylic acids is 1. The lowest BCUT2D eigenvalue weighted by Gasteiger charge is -1.98. The molecule has 0 aromatic carbocycles. The van der Waals surface area contributed by atoms with Crippen LogP contribution in [0.15, 0.2) is 6.20 Å². The fourth-order valence-corrected chi connectivity index (χ4v) is 1.37. The molecule has 0 aliphatic rings. The van der Waals surface area contributed by atoms with E-state index in [-0.39, 0.29) is 5.78 Å². The van der Waals surface area contributed by atoms with Gasteiger partial charge in [0.2, 0.25) is 0 Å². The normalized spacial score (nSPS) is 10.4. The van der Waals surface area contributed by atoms with Crippen molar-refractivity contribution in [2.24, 2.45) is 0 Å². The second-order valence-corrected chi connectivity index (χ2v) is 3.43. The number of anilines is 1. The first-order valence-corrected chi connectivity index (χ1v) is 5.07. The minimum atomic E-state index is 0.0901. The number of aromatic amines is 1. The van der Waals surface area contributed by atoms with E-state index in [2.05, 4.69) is 17.1 Å². The summed E-state index contributed by atoms with van der Waals surface area (Å²) in [6.07, 6.45) is 6.49. The number of ketones is 1. The second kappa shape index (κ2) is 5.42. The van der Waals surface area contributed by atoms with Crippen LogP contribution < -0.4 is 5.73 Å². The van der Waals surface area contributed by atoms with Crippen LogP contribution in [0.1, 0.15) is 49.4 Å². The highest BCUT2D eigenvalue weighted by Crippen LogP contribution is 2.12. The van der Waals surface area contributed by atoms with E-state index in [1.165, 1.54) is 19.0 Å². The van der Waals surface area contributed by atoms with E-state index < -0.39 is 0 Å². The van der Waals surface area contributed by atoms with Crippen molar-refractivity contribution < 1.29 is 4.79 Å². The Hall–Kier alpha value is -1.32. The Morgan fingerprint density at radius 1 is 1.50 bits per heavy atom. The largest absolute Gasteiger partial charge is 0.383 e. The molecule has 4 heteroatoms. The number of hydrogen-bond donors (Lipinski definition) is 2. The Morgan fingerprint density at radius 3 is 2.86 bits per heavy atom. The first-order valence-electron chi connectivity index (χ1n) is 5.07. The molecule has 0 aliphatic carbocycles. The quantitative estimate of drug-likeness (QED) is 0.539. The van der Waals surface area contributed by atoms with Crippen LogP contribution in [0.3, 0.4) is 0 Å². The molecule has 4 nitrogen and oxygen atoms in total. The predicted molar refractivity (Wildman–Crippen MR) is 56.1 cm³/mol. The Balaban J connectivity index is 2.32. The molecule has 0 aliphatic heterocycles. The van der Waals surface area contributed by atoms with Crippen molar-refractivity contribution in [3.63, 3.8) is 0 Å². The molecule has 0 atom stereocenters. The summed E-state index contributed by atoms with van der Waals surface area (Å²) >= 11 is 0. The van der Waals surface area contributed by atoms with E-state index in [1.54, 1.807) is 0 Å². The number of nitrogens with zero attached hydrogens (tertiary/aromatic N) is 1. The van der Waals surface area contributed by atoms with E-state index in [9.17, 15) is 4.79 Å². The number of carbonyl (C=O) groups is 1. The maximum Gasteiger partial charge on any atom is 0.168 e. The van der Waals surface area contributed by atoms with Crippen LogP contribution in [0.4, 0.5) is 5.82 Å². The fourth-order valence-electron chi connectivity index (χ4n) is 1.37. The summed E-state index contributed by atoms with van der Waals surface area (Å²) < 4.78 is 0. The summed E-state index contributed by atoms with van der Waals surface area (Å²) in [5, 5.41) is 6.27. The van der Waals surface area contributed by atoms with Crippen LogP contribution >= 0.6 is 0 Å². The summed E-state index contributed by atoms with van der Waals surface area (Å²) in [7, 11) is 0. The highest BCUT2D eigenvalue weighted by molar-refractivity contribution is 5.99. The summed E-state index contributed by atoms with van der Waals surface area (Å²) in [6.45, 7) is 2.15. The van der Waals surface area contributed by atoms with Crippen LogP contribution in [0.5, 0.6) is 0 Å². The number of H-pyrrole nitrogens is 1. The number of aromatic nitrogens is 2. The molecule has 0 radical (unpaired) electrons. The molecule has 14 heavy (non-hydrogen) atoms. The van der Waals surface area contributed by atoms with Gasteiger partial charge in [-0.25, -0.2) is 0 Å². The molecule has 1 rings (SSSR count). The molecule has 0 bridgehead atoms. The third kappa shape index (κ3) is 2.87. The van der Waals surface area contributed by atoms with E-state index in [1.807, 2.05) is 0 Å². The molecule has 0 fully saturated rings. The Morgan fingerprint density at radius 2 is 2.29 bits per heavy atom. The third-order valence-corrected chi connectivity index (χ3v) is 2.23. The van der Waals surface area contributed by atoms with Crippen molar-refractivity contribution >= 4 is 11.6 Å². The van der Waals surface area contributed by atoms with Gasteiger partial charge in [0.25, 0.3) is 0 Å². The van der Waals surface area contributed by atoms with E-state index >= 15 is 0 Å². The molecule has 0 amide bonds. The van der Waals surface area contributed by atoms with Gasteiger partial charge in [0.15, 0.2) is 5.78 Å². The molecule has 0 spiro atoms. The van der Waals surface area contributed by atoms with Gasteiger partial charge in [-0.2, -0.15) is 5.10 Å². The van der Waals surface area contributed by atoms with Gasteiger partial charge in [-0.05, 0) is 6.42 Å². The molecule has 3 N–H and O–H groups in total. The number of rotatable bonds is 6. The minimum absolute atomic E-state index is 0.0901. The first-order chi connectivity index (χ1) is 6.75. The van der Waals surface area contributed by atoms with Crippen LogP contribution in [0.25, 0.3) is 0 Å². The van der Waals surface area contributed by atoms with Crippen molar-refractivity contribution in [2.75, 3.05) is 5.73 Å². The summed E-state index contributed by atoms with van der Waals surface area (Å²) in [5.74, 6) is 0.470. The number of nitrogens with one attached hydrogen (secondary N) is 1. The smallest absolute Gasteiger partial charge is 0.168 e. The monoisotopic (exact) mass is 195 g/mol. The van der Waals surface area contributed by atoms with E-state index in [0.717, 1.165) is 12.8 Å². The van der Waals surface area contributed by atoms with Gasteiger partial charge in [-0.15, -0.1) is 0 Å². The summed E-state index contributed by atoms with van der Waals surface area (Å²) in [6, 6.07) is 0. The van der Waals surface area contributed by atoms with Gasteiger partial charge in [0, 0.05) is 6.42 Å². The molecule has 1 aromatic rings. The number of unbranched alkanes of at least 4 members (excludes halogenated alkanes) is 3. The topological polar surface area (TPSA) is 71.8 Å². The van der Waals surface area contributed by atoms with Gasteiger partial charge >= 0.3 is 0 Å². The van der Waals surface area contributed by atoms with Crippen molar-refractivity contribution in [1.29, 1.82) is 0 Å². The van der Waals surface area contributed by atoms with Crippen LogP contribution in [-0.2, 0) is 0 Å². The Bertz CT molecular complexity index is 293. The molecule has 0 saturated heterocycles. The number of Topliss-reactive ketones (excluding diaryl/α,β-unsaturated/α-hetero) is 1. The highest BCUT2D eigenvalue weighted by Gasteiger charge is 2.10. The lowest BCUT2D eigenvalue weighted by atomic mass is 10.1. The molecule has 0 unspecified atom stereocenters. The number of hydrogen-bond acceptors (Lipinski definition) is 3. The maximum absolute atomic E-state index is 11.5. The molecule has 78 valence electrons. The van der Waals surface area contributed by atoms with Gasteiger partial charge in [0.05, 0.1) is 11.8 Å². The molecular weight excluding hydrogens is 178 g/mol. The predicted octanol–water partition coefficient (Wildman–Crippen LogP) is 2.15. The Kier molecular flexibility index (Phi) is 4.16.